The molecule has 3 nitrogen and oxygen atoms in total. The highest BCUT2D eigenvalue weighted by Crippen LogP contribution is 2.35. The van der Waals surface area contributed by atoms with Gasteiger partial charge in [-0.2, -0.15) is 13.2 Å². The summed E-state index contributed by atoms with van der Waals surface area (Å²) in [4.78, 5) is 16.0. The van der Waals surface area contributed by atoms with E-state index in [0.29, 0.717) is 12.8 Å². The van der Waals surface area contributed by atoms with Crippen LogP contribution in [-0.4, -0.2) is 16.3 Å². The maximum atomic E-state index is 12.9. The molecule has 0 bridgehead atoms. The van der Waals surface area contributed by atoms with Crippen molar-refractivity contribution in [2.24, 2.45) is 5.73 Å². The highest BCUT2D eigenvalue weighted by Gasteiger charge is 2.41. The maximum absolute atomic E-state index is 12.9. The van der Waals surface area contributed by atoms with Crippen LogP contribution in [0.1, 0.15) is 48.0 Å². The molecule has 1 aliphatic carbocycles. The predicted molar refractivity (Wildman–Crippen MR) is 63.6 cm³/mol. The van der Waals surface area contributed by atoms with Crippen LogP contribution < -0.4 is 5.73 Å². The third kappa shape index (κ3) is 2.78. The normalized spacial score (nSPS) is 19.2. The first kappa shape index (κ1) is 14.0. The zero-order valence-electron chi connectivity index (χ0n) is 10.3. The van der Waals surface area contributed by atoms with Crippen molar-refractivity contribution >= 4 is 5.78 Å². The van der Waals surface area contributed by atoms with Crippen molar-refractivity contribution in [2.75, 3.05) is 0 Å². The first-order valence-corrected chi connectivity index (χ1v) is 6.19. The van der Waals surface area contributed by atoms with E-state index in [4.69, 9.17) is 5.73 Å². The Morgan fingerprint density at radius 1 is 1.26 bits per heavy atom. The van der Waals surface area contributed by atoms with Gasteiger partial charge in [-0.25, -0.2) is 0 Å². The van der Waals surface area contributed by atoms with Gasteiger partial charge in [0.15, 0.2) is 5.78 Å². The van der Waals surface area contributed by atoms with Gasteiger partial charge >= 0.3 is 6.18 Å². The van der Waals surface area contributed by atoms with E-state index >= 15 is 0 Å². The number of Topliss-reactive ketones (excluding diaryl/α,β-unsaturated/α-hetero) is 1. The van der Waals surface area contributed by atoms with Crippen LogP contribution in [0.15, 0.2) is 18.5 Å². The van der Waals surface area contributed by atoms with Crippen molar-refractivity contribution < 1.29 is 18.0 Å². The van der Waals surface area contributed by atoms with Crippen LogP contribution in [0.2, 0.25) is 0 Å². The number of hydrogen-bond acceptors (Lipinski definition) is 3. The van der Waals surface area contributed by atoms with Gasteiger partial charge in [0, 0.05) is 12.4 Å². The smallest absolute Gasteiger partial charge is 0.319 e. The molecule has 0 radical (unpaired) electrons. The monoisotopic (exact) mass is 272 g/mol. The zero-order valence-corrected chi connectivity index (χ0v) is 10.3. The van der Waals surface area contributed by atoms with E-state index in [0.717, 1.165) is 37.7 Å². The minimum atomic E-state index is -4.57. The van der Waals surface area contributed by atoms with Gasteiger partial charge in [0.25, 0.3) is 0 Å². The summed E-state index contributed by atoms with van der Waals surface area (Å²) >= 11 is 0. The lowest BCUT2D eigenvalue weighted by Gasteiger charge is -2.32. The van der Waals surface area contributed by atoms with Crippen molar-refractivity contribution in [2.45, 2.75) is 43.8 Å². The molecule has 1 aromatic rings. The summed E-state index contributed by atoms with van der Waals surface area (Å²) in [7, 11) is 0. The number of halogens is 3. The van der Waals surface area contributed by atoms with Crippen LogP contribution in [0.3, 0.4) is 0 Å². The number of rotatable bonds is 2. The Hall–Kier alpha value is -1.43. The molecule has 0 saturated heterocycles. The van der Waals surface area contributed by atoms with Crippen molar-refractivity contribution in [1.29, 1.82) is 0 Å². The number of hydrogen-bond donors (Lipinski definition) is 1. The molecule has 1 aliphatic rings. The SMILES string of the molecule is NC1(C(=O)c2cnccc2C(F)(F)F)CCCCC1. The lowest BCUT2D eigenvalue weighted by Crippen LogP contribution is -2.49. The minimum Gasteiger partial charge on any atom is -0.319 e. The predicted octanol–water partition coefficient (Wildman–Crippen LogP) is 2.94. The molecule has 0 aliphatic heterocycles. The molecular weight excluding hydrogens is 257 g/mol. The van der Waals surface area contributed by atoms with E-state index in [9.17, 15) is 18.0 Å². The fourth-order valence-electron chi connectivity index (χ4n) is 2.50. The number of alkyl halides is 3. The van der Waals surface area contributed by atoms with Crippen molar-refractivity contribution in [3.05, 3.63) is 29.6 Å². The molecule has 0 unspecified atom stereocenters. The van der Waals surface area contributed by atoms with E-state index in [-0.39, 0.29) is 0 Å². The number of aromatic nitrogens is 1. The van der Waals surface area contributed by atoms with Crippen LogP contribution in [-0.2, 0) is 6.18 Å². The summed E-state index contributed by atoms with van der Waals surface area (Å²) in [6, 6.07) is 0.819. The summed E-state index contributed by atoms with van der Waals surface area (Å²) in [5, 5.41) is 0. The van der Waals surface area contributed by atoms with Crippen LogP contribution in [0.5, 0.6) is 0 Å². The van der Waals surface area contributed by atoms with Crippen molar-refractivity contribution in [1.82, 2.24) is 4.98 Å². The summed E-state index contributed by atoms with van der Waals surface area (Å²) in [6.45, 7) is 0. The minimum absolute atomic E-state index is 0.417. The van der Waals surface area contributed by atoms with Gasteiger partial charge in [-0.05, 0) is 18.9 Å². The first-order chi connectivity index (χ1) is 8.84. The van der Waals surface area contributed by atoms with Crippen LogP contribution in [0.25, 0.3) is 0 Å². The quantitative estimate of drug-likeness (QED) is 0.842. The second-order valence-electron chi connectivity index (χ2n) is 4.96. The first-order valence-electron chi connectivity index (χ1n) is 6.19. The highest BCUT2D eigenvalue weighted by atomic mass is 19.4. The van der Waals surface area contributed by atoms with Gasteiger partial charge in [0.05, 0.1) is 16.7 Å². The highest BCUT2D eigenvalue weighted by molar-refractivity contribution is 6.04. The van der Waals surface area contributed by atoms with Crippen LogP contribution in [0.4, 0.5) is 13.2 Å². The average Bonchev–Trinajstić information content (AvgIpc) is 2.38. The largest absolute Gasteiger partial charge is 0.417 e. The fraction of sp³-hybridized carbons (Fsp3) is 0.538. The second-order valence-corrected chi connectivity index (χ2v) is 4.96. The third-order valence-corrected chi connectivity index (χ3v) is 3.57. The molecule has 0 aromatic carbocycles. The third-order valence-electron chi connectivity index (χ3n) is 3.57. The van der Waals surface area contributed by atoms with E-state index < -0.39 is 28.6 Å². The molecule has 0 atom stereocenters. The molecule has 6 heteroatoms. The number of carbonyl (C=O) groups is 1. The van der Waals surface area contributed by atoms with Crippen molar-refractivity contribution in [3.8, 4) is 0 Å². The van der Waals surface area contributed by atoms with Gasteiger partial charge in [-0.1, -0.05) is 19.3 Å². The van der Waals surface area contributed by atoms with E-state index in [1.807, 2.05) is 0 Å². The Labute approximate surface area is 109 Å². The van der Waals surface area contributed by atoms with Gasteiger partial charge in [-0.15, -0.1) is 0 Å². The number of ketones is 1. The van der Waals surface area contributed by atoms with Crippen LogP contribution >= 0.6 is 0 Å². The lowest BCUT2D eigenvalue weighted by molar-refractivity contribution is -0.138. The van der Waals surface area contributed by atoms with Gasteiger partial charge in [0.1, 0.15) is 0 Å². The molecule has 1 fully saturated rings. The summed E-state index contributed by atoms with van der Waals surface area (Å²) in [5.74, 6) is -0.646. The Kier molecular flexibility index (Phi) is 3.62. The Morgan fingerprint density at radius 3 is 2.47 bits per heavy atom. The second kappa shape index (κ2) is 4.92. The molecule has 0 amide bonds. The Bertz CT molecular complexity index is 479. The Balaban J connectivity index is 2.39. The molecule has 1 aromatic heterocycles. The van der Waals surface area contributed by atoms with Crippen LogP contribution in [0, 0.1) is 0 Å². The summed E-state index contributed by atoms with van der Waals surface area (Å²) in [6.07, 6.45) is 0.784. The van der Waals surface area contributed by atoms with E-state index in [2.05, 4.69) is 4.98 Å². The molecule has 104 valence electrons. The van der Waals surface area contributed by atoms with Gasteiger partial charge < -0.3 is 5.73 Å². The van der Waals surface area contributed by atoms with Gasteiger partial charge in [-0.3, -0.25) is 9.78 Å². The molecule has 1 heterocycles. The van der Waals surface area contributed by atoms with Crippen molar-refractivity contribution in [3.63, 3.8) is 0 Å². The van der Waals surface area contributed by atoms with E-state index in [1.165, 1.54) is 0 Å². The summed E-state index contributed by atoms with van der Waals surface area (Å²) < 4.78 is 38.6. The molecule has 1 saturated carbocycles. The number of carbonyl (C=O) groups excluding carboxylic acids is 1. The maximum Gasteiger partial charge on any atom is 0.417 e. The van der Waals surface area contributed by atoms with Gasteiger partial charge in [0.2, 0.25) is 0 Å². The number of nitrogens with two attached hydrogens (primary N) is 1. The fourth-order valence-corrected chi connectivity index (χ4v) is 2.50. The number of nitrogens with zero attached hydrogens (tertiary/aromatic N) is 1. The lowest BCUT2D eigenvalue weighted by atomic mass is 9.77. The number of pyridine rings is 1. The summed E-state index contributed by atoms with van der Waals surface area (Å²) in [5.41, 5.74) is 3.45. The average molecular weight is 272 g/mol. The standard InChI is InChI=1S/C13H15F3N2O/c14-13(15,16)10-4-7-18-8-9(10)11(19)12(17)5-2-1-3-6-12/h4,7-8H,1-3,5-6,17H2. The van der Waals surface area contributed by atoms with E-state index in [1.54, 1.807) is 0 Å². The Morgan fingerprint density at radius 2 is 1.89 bits per heavy atom. The molecule has 2 N–H and O–H groups in total. The molecule has 2 rings (SSSR count). The topological polar surface area (TPSA) is 56.0 Å². The zero-order chi connectivity index (χ0) is 14.1. The molecule has 0 spiro atoms. The molecular formula is C13H15F3N2O. The molecule has 19 heavy (non-hydrogen) atoms.